The molecular weight excluding hydrogens is 316 g/mol. The van der Waals surface area contributed by atoms with Gasteiger partial charge in [-0.3, -0.25) is 9.48 Å². The average molecular weight is 348 g/mol. The molecule has 2 aliphatic heterocycles. The minimum absolute atomic E-state index is 0.00503. The number of nitrogens with zero attached hydrogens (tertiary/aromatic N) is 4. The number of amides is 1. The minimum Gasteiger partial charge on any atom is -0.369 e. The Balaban J connectivity index is 1.68. The summed E-state index contributed by atoms with van der Waals surface area (Å²) in [6, 6.07) is 0. The molecule has 0 aromatic carbocycles. The highest BCUT2D eigenvalue weighted by atomic mass is 16.5. The van der Waals surface area contributed by atoms with Gasteiger partial charge in [0.25, 0.3) is 5.91 Å². The molecule has 140 valence electrons. The van der Waals surface area contributed by atoms with Gasteiger partial charge in [-0.2, -0.15) is 5.10 Å². The minimum atomic E-state index is -0.00503. The summed E-state index contributed by atoms with van der Waals surface area (Å²) in [5.41, 5.74) is 2.79. The molecule has 0 bridgehead atoms. The molecule has 1 amide bonds. The van der Waals surface area contributed by atoms with Gasteiger partial charge in [0.05, 0.1) is 17.9 Å². The van der Waals surface area contributed by atoms with Gasteiger partial charge in [-0.15, -0.1) is 0 Å². The molecule has 2 aliphatic rings. The molecule has 3 heterocycles. The van der Waals surface area contributed by atoms with E-state index in [0.29, 0.717) is 5.69 Å². The van der Waals surface area contributed by atoms with Crippen LogP contribution in [0, 0.1) is 5.92 Å². The summed E-state index contributed by atoms with van der Waals surface area (Å²) >= 11 is 0. The van der Waals surface area contributed by atoms with Crippen molar-refractivity contribution in [3.05, 3.63) is 17.0 Å². The fourth-order valence-corrected chi connectivity index (χ4v) is 4.23. The molecule has 25 heavy (non-hydrogen) atoms. The zero-order valence-electron chi connectivity index (χ0n) is 16.3. The van der Waals surface area contributed by atoms with Crippen LogP contribution >= 0.6 is 0 Å². The highest BCUT2D eigenvalue weighted by molar-refractivity contribution is 5.94. The lowest BCUT2D eigenvalue weighted by Gasteiger charge is -2.32. The zero-order chi connectivity index (χ0) is 18.1. The second-order valence-electron chi connectivity index (χ2n) is 7.96. The van der Waals surface area contributed by atoms with Gasteiger partial charge >= 0.3 is 0 Å². The van der Waals surface area contributed by atoms with Crippen LogP contribution in [0.4, 0.5) is 0 Å². The Morgan fingerprint density at radius 1 is 1.28 bits per heavy atom. The standard InChI is InChI=1S/C19H32N4O2/c1-13-12-16-17(20-22(5)18(16)14(2)25-13)19(24)23-10-7-15(8-11-23)6-9-21(3)4/h13-15H,6-12H2,1-5H3/t13-,14+/m1/s1. The summed E-state index contributed by atoms with van der Waals surface area (Å²) in [7, 11) is 6.15. The van der Waals surface area contributed by atoms with Gasteiger partial charge in [0.15, 0.2) is 5.69 Å². The summed E-state index contributed by atoms with van der Waals surface area (Å²) in [6.07, 6.45) is 4.33. The van der Waals surface area contributed by atoms with E-state index >= 15 is 0 Å². The van der Waals surface area contributed by atoms with Gasteiger partial charge in [-0.1, -0.05) is 0 Å². The lowest BCUT2D eigenvalue weighted by atomic mass is 9.92. The number of aryl methyl sites for hydroxylation is 1. The van der Waals surface area contributed by atoms with Crippen LogP contribution in [0.1, 0.15) is 61.0 Å². The van der Waals surface area contributed by atoms with E-state index < -0.39 is 0 Å². The first-order valence-corrected chi connectivity index (χ1v) is 9.52. The smallest absolute Gasteiger partial charge is 0.274 e. The molecule has 0 spiro atoms. The van der Waals surface area contributed by atoms with Crippen molar-refractivity contribution in [1.82, 2.24) is 19.6 Å². The van der Waals surface area contributed by atoms with Crippen molar-refractivity contribution >= 4 is 5.91 Å². The first kappa shape index (κ1) is 18.4. The average Bonchev–Trinajstić information content (AvgIpc) is 2.89. The molecule has 0 unspecified atom stereocenters. The first-order valence-electron chi connectivity index (χ1n) is 9.52. The second-order valence-corrected chi connectivity index (χ2v) is 7.96. The molecule has 0 N–H and O–H groups in total. The van der Waals surface area contributed by atoms with Crippen molar-refractivity contribution < 1.29 is 9.53 Å². The van der Waals surface area contributed by atoms with Crippen molar-refractivity contribution in [2.75, 3.05) is 33.7 Å². The molecular formula is C19H32N4O2. The number of ether oxygens (including phenoxy) is 1. The van der Waals surface area contributed by atoms with Crippen molar-refractivity contribution in [1.29, 1.82) is 0 Å². The fourth-order valence-electron chi connectivity index (χ4n) is 4.23. The van der Waals surface area contributed by atoms with Gasteiger partial charge in [0.1, 0.15) is 0 Å². The topological polar surface area (TPSA) is 50.6 Å². The van der Waals surface area contributed by atoms with Crippen molar-refractivity contribution in [2.45, 2.75) is 51.7 Å². The Hall–Kier alpha value is -1.40. The Kier molecular flexibility index (Phi) is 5.49. The van der Waals surface area contributed by atoms with Crippen LogP contribution in [-0.2, 0) is 18.2 Å². The second kappa shape index (κ2) is 7.46. The molecule has 0 aliphatic carbocycles. The number of likely N-dealkylation sites (tertiary alicyclic amines) is 1. The van der Waals surface area contributed by atoms with E-state index in [1.165, 1.54) is 6.42 Å². The molecule has 1 aromatic rings. The van der Waals surface area contributed by atoms with Gasteiger partial charge < -0.3 is 14.5 Å². The molecule has 1 aromatic heterocycles. The van der Waals surface area contributed by atoms with Crippen LogP contribution < -0.4 is 0 Å². The lowest BCUT2D eigenvalue weighted by Crippen LogP contribution is -2.39. The SMILES string of the molecule is C[C@@H]1Cc2c(C(=O)N3CCC(CCN(C)C)CC3)nn(C)c2[C@H](C)O1. The number of fused-ring (bicyclic) bond motifs is 1. The van der Waals surface area contributed by atoms with Crippen LogP contribution in [0.3, 0.4) is 0 Å². The van der Waals surface area contributed by atoms with E-state index in [1.807, 2.05) is 23.6 Å². The summed E-state index contributed by atoms with van der Waals surface area (Å²) in [5.74, 6) is 0.835. The van der Waals surface area contributed by atoms with E-state index in [4.69, 9.17) is 4.74 Å². The van der Waals surface area contributed by atoms with Crippen LogP contribution in [-0.4, -0.2) is 65.3 Å². The van der Waals surface area contributed by atoms with Gasteiger partial charge in [0, 0.05) is 32.1 Å². The number of piperidine rings is 1. The van der Waals surface area contributed by atoms with Crippen molar-refractivity contribution in [3.8, 4) is 0 Å². The third-order valence-electron chi connectivity index (χ3n) is 5.60. The van der Waals surface area contributed by atoms with E-state index in [2.05, 4.69) is 31.0 Å². The highest BCUT2D eigenvalue weighted by Crippen LogP contribution is 2.32. The molecule has 0 saturated carbocycles. The number of aromatic nitrogens is 2. The summed E-state index contributed by atoms with van der Waals surface area (Å²) < 4.78 is 7.74. The highest BCUT2D eigenvalue weighted by Gasteiger charge is 2.33. The van der Waals surface area contributed by atoms with Gasteiger partial charge in [-0.25, -0.2) is 0 Å². The zero-order valence-corrected chi connectivity index (χ0v) is 16.3. The van der Waals surface area contributed by atoms with Gasteiger partial charge in [0.2, 0.25) is 0 Å². The lowest BCUT2D eigenvalue weighted by molar-refractivity contribution is -0.00907. The Bertz CT molecular complexity index is 617. The number of hydrogen-bond donors (Lipinski definition) is 0. The van der Waals surface area contributed by atoms with Crippen molar-refractivity contribution in [3.63, 3.8) is 0 Å². The first-order chi connectivity index (χ1) is 11.9. The van der Waals surface area contributed by atoms with Crippen LogP contribution in [0.25, 0.3) is 0 Å². The fraction of sp³-hybridized carbons (Fsp3) is 0.789. The van der Waals surface area contributed by atoms with Crippen LogP contribution in [0.5, 0.6) is 0 Å². The molecule has 1 saturated heterocycles. The number of hydrogen-bond acceptors (Lipinski definition) is 4. The third kappa shape index (κ3) is 3.90. The predicted octanol–water partition coefficient (Wildman–Crippen LogP) is 2.25. The molecule has 0 radical (unpaired) electrons. The Labute approximate surface area is 151 Å². The number of rotatable bonds is 4. The maximum absolute atomic E-state index is 13.1. The Morgan fingerprint density at radius 3 is 2.60 bits per heavy atom. The quantitative estimate of drug-likeness (QED) is 0.837. The van der Waals surface area contributed by atoms with Crippen LogP contribution in [0.15, 0.2) is 0 Å². The normalized spacial score (nSPS) is 24.6. The maximum Gasteiger partial charge on any atom is 0.274 e. The molecule has 3 rings (SSSR count). The van der Waals surface area contributed by atoms with E-state index in [1.54, 1.807) is 0 Å². The predicted molar refractivity (Wildman–Crippen MR) is 97.7 cm³/mol. The number of carbonyl (C=O) groups is 1. The molecule has 6 heteroatoms. The molecule has 2 atom stereocenters. The van der Waals surface area contributed by atoms with E-state index in [-0.39, 0.29) is 18.1 Å². The Morgan fingerprint density at radius 2 is 1.96 bits per heavy atom. The van der Waals surface area contributed by atoms with Gasteiger partial charge in [-0.05, 0) is 59.7 Å². The van der Waals surface area contributed by atoms with Crippen molar-refractivity contribution in [2.24, 2.45) is 13.0 Å². The third-order valence-corrected chi connectivity index (χ3v) is 5.60. The molecule has 1 fully saturated rings. The maximum atomic E-state index is 13.1. The summed E-state index contributed by atoms with van der Waals surface area (Å²) in [4.78, 5) is 17.3. The number of carbonyl (C=O) groups excluding carboxylic acids is 1. The van der Waals surface area contributed by atoms with Crippen LogP contribution in [0.2, 0.25) is 0 Å². The molecule has 6 nitrogen and oxygen atoms in total. The monoisotopic (exact) mass is 348 g/mol. The van der Waals surface area contributed by atoms with E-state index in [9.17, 15) is 4.79 Å². The van der Waals surface area contributed by atoms with E-state index in [0.717, 1.165) is 56.1 Å². The summed E-state index contributed by atoms with van der Waals surface area (Å²) in [5, 5.41) is 4.57. The largest absolute Gasteiger partial charge is 0.369 e. The summed E-state index contributed by atoms with van der Waals surface area (Å²) in [6.45, 7) is 6.94.